The molecular weight excluding hydrogens is 200 g/mol. The molecule has 0 saturated carbocycles. The average molecular weight is 211 g/mol. The Morgan fingerprint density at radius 1 is 1.50 bits per heavy atom. The van der Waals surface area contributed by atoms with Gasteiger partial charge in [0.15, 0.2) is 0 Å². The number of phenols is 1. The highest BCUT2D eigenvalue weighted by molar-refractivity contribution is 6.33. The number of hydrogen-bond donors (Lipinski definition) is 3. The molecule has 4 N–H and O–H groups in total. The number of benzene rings is 1. The van der Waals surface area contributed by atoms with Crippen LogP contribution in [0.2, 0.25) is 5.02 Å². The molecule has 0 unspecified atom stereocenters. The van der Waals surface area contributed by atoms with Crippen molar-refractivity contribution in [1.82, 2.24) is 4.98 Å². The van der Waals surface area contributed by atoms with Gasteiger partial charge in [-0.3, -0.25) is 0 Å². The molecule has 1 heterocycles. The van der Waals surface area contributed by atoms with Crippen molar-refractivity contribution in [3.63, 3.8) is 0 Å². The van der Waals surface area contributed by atoms with Crippen molar-refractivity contribution in [2.24, 2.45) is 5.73 Å². The number of phenolic OH excluding ortho intramolecular Hbond substituents is 1. The van der Waals surface area contributed by atoms with Gasteiger partial charge in [0.2, 0.25) is 0 Å². The van der Waals surface area contributed by atoms with Crippen LogP contribution in [0.1, 0.15) is 11.3 Å². The summed E-state index contributed by atoms with van der Waals surface area (Å²) in [5.41, 5.74) is 8.36. The molecule has 1 aromatic carbocycles. The van der Waals surface area contributed by atoms with Gasteiger partial charge in [0.05, 0.1) is 5.02 Å². The second kappa shape index (κ2) is 3.19. The van der Waals surface area contributed by atoms with Gasteiger partial charge >= 0.3 is 0 Å². The van der Waals surface area contributed by atoms with E-state index in [1.54, 1.807) is 6.07 Å². The third-order valence-electron chi connectivity index (χ3n) is 2.41. The van der Waals surface area contributed by atoms with Crippen LogP contribution in [-0.4, -0.2) is 10.1 Å². The van der Waals surface area contributed by atoms with E-state index in [9.17, 15) is 5.11 Å². The Labute approximate surface area is 86.5 Å². The standard InChI is InChI=1S/C10H11ClN2O/c1-5-6(4-12)9-8(13-5)3-2-7(11)10(9)14/h2-3,13-14H,4,12H2,1H3. The highest BCUT2D eigenvalue weighted by Gasteiger charge is 2.12. The molecule has 4 heteroatoms. The Bertz CT molecular complexity index is 490. The second-order valence-corrected chi connectivity index (χ2v) is 3.66. The van der Waals surface area contributed by atoms with Crippen molar-refractivity contribution in [3.05, 3.63) is 28.4 Å². The number of nitrogens with two attached hydrogens (primary N) is 1. The molecule has 14 heavy (non-hydrogen) atoms. The number of rotatable bonds is 1. The van der Waals surface area contributed by atoms with Crippen LogP contribution in [0.5, 0.6) is 5.75 Å². The number of aromatic amines is 1. The summed E-state index contributed by atoms with van der Waals surface area (Å²) >= 11 is 5.82. The van der Waals surface area contributed by atoms with Gasteiger partial charge < -0.3 is 15.8 Å². The number of fused-ring (bicyclic) bond motifs is 1. The first-order valence-electron chi connectivity index (χ1n) is 4.34. The first-order chi connectivity index (χ1) is 6.65. The van der Waals surface area contributed by atoms with E-state index in [1.165, 1.54) is 0 Å². The zero-order valence-electron chi connectivity index (χ0n) is 7.76. The highest BCUT2D eigenvalue weighted by atomic mass is 35.5. The fourth-order valence-corrected chi connectivity index (χ4v) is 1.85. The maximum Gasteiger partial charge on any atom is 0.143 e. The lowest BCUT2D eigenvalue weighted by atomic mass is 10.1. The van der Waals surface area contributed by atoms with E-state index in [-0.39, 0.29) is 5.75 Å². The molecule has 0 aliphatic carbocycles. The van der Waals surface area contributed by atoms with E-state index in [0.717, 1.165) is 22.2 Å². The molecule has 2 aromatic rings. The van der Waals surface area contributed by atoms with Crippen molar-refractivity contribution in [2.75, 3.05) is 0 Å². The lowest BCUT2D eigenvalue weighted by Crippen LogP contribution is -1.96. The SMILES string of the molecule is Cc1[nH]c2ccc(Cl)c(O)c2c1CN. The van der Waals surface area contributed by atoms with Crippen LogP contribution in [0.15, 0.2) is 12.1 Å². The van der Waals surface area contributed by atoms with Gasteiger partial charge in [0, 0.05) is 23.1 Å². The summed E-state index contributed by atoms with van der Waals surface area (Å²) in [5.74, 6) is 0.106. The topological polar surface area (TPSA) is 62.0 Å². The Hall–Kier alpha value is -1.19. The Morgan fingerprint density at radius 2 is 2.21 bits per heavy atom. The Kier molecular flexibility index (Phi) is 2.13. The lowest BCUT2D eigenvalue weighted by Gasteiger charge is -2.00. The molecule has 0 bridgehead atoms. The number of H-pyrrole nitrogens is 1. The molecule has 0 atom stereocenters. The smallest absolute Gasteiger partial charge is 0.143 e. The summed E-state index contributed by atoms with van der Waals surface area (Å²) in [6.45, 7) is 2.31. The normalized spacial score (nSPS) is 11.1. The number of halogens is 1. The predicted octanol–water partition coefficient (Wildman–Crippen LogP) is 2.29. The minimum absolute atomic E-state index is 0.106. The summed E-state index contributed by atoms with van der Waals surface area (Å²) in [7, 11) is 0. The van der Waals surface area contributed by atoms with Crippen LogP contribution in [0.25, 0.3) is 10.9 Å². The summed E-state index contributed by atoms with van der Waals surface area (Å²) in [6, 6.07) is 3.50. The molecule has 0 fully saturated rings. The number of aromatic hydroxyl groups is 1. The van der Waals surface area contributed by atoms with E-state index in [0.29, 0.717) is 11.6 Å². The van der Waals surface area contributed by atoms with Crippen LogP contribution in [0.4, 0.5) is 0 Å². The molecule has 0 saturated heterocycles. The molecule has 0 spiro atoms. The van der Waals surface area contributed by atoms with Crippen LogP contribution in [0.3, 0.4) is 0 Å². The second-order valence-electron chi connectivity index (χ2n) is 3.25. The Balaban J connectivity index is 2.90. The summed E-state index contributed by atoms with van der Waals surface area (Å²) in [5, 5.41) is 10.9. The van der Waals surface area contributed by atoms with Crippen LogP contribution in [-0.2, 0) is 6.54 Å². The van der Waals surface area contributed by atoms with Gasteiger partial charge in [-0.2, -0.15) is 0 Å². The highest BCUT2D eigenvalue weighted by Crippen LogP contribution is 2.35. The summed E-state index contributed by atoms with van der Waals surface area (Å²) in [6.07, 6.45) is 0. The maximum atomic E-state index is 9.78. The zero-order valence-corrected chi connectivity index (χ0v) is 8.52. The molecule has 0 amide bonds. The van der Waals surface area contributed by atoms with E-state index in [4.69, 9.17) is 17.3 Å². The van der Waals surface area contributed by atoms with Crippen molar-refractivity contribution in [3.8, 4) is 5.75 Å². The van der Waals surface area contributed by atoms with E-state index in [1.807, 2.05) is 13.0 Å². The van der Waals surface area contributed by atoms with Gasteiger partial charge in [-0.25, -0.2) is 0 Å². The number of nitrogens with one attached hydrogen (secondary N) is 1. The molecular formula is C10H11ClN2O. The van der Waals surface area contributed by atoms with Gasteiger partial charge in [0.1, 0.15) is 5.75 Å². The van der Waals surface area contributed by atoms with Crippen molar-refractivity contribution in [2.45, 2.75) is 13.5 Å². The number of hydrogen-bond acceptors (Lipinski definition) is 2. The van der Waals surface area contributed by atoms with E-state index in [2.05, 4.69) is 4.98 Å². The first-order valence-corrected chi connectivity index (χ1v) is 4.71. The minimum Gasteiger partial charge on any atom is -0.506 e. The van der Waals surface area contributed by atoms with Crippen molar-refractivity contribution >= 4 is 22.5 Å². The lowest BCUT2D eigenvalue weighted by molar-refractivity contribution is 0.481. The number of aryl methyl sites for hydroxylation is 1. The van der Waals surface area contributed by atoms with Gasteiger partial charge in [-0.1, -0.05) is 11.6 Å². The zero-order chi connectivity index (χ0) is 10.3. The average Bonchev–Trinajstić information content (AvgIpc) is 2.48. The fourth-order valence-electron chi connectivity index (χ4n) is 1.70. The summed E-state index contributed by atoms with van der Waals surface area (Å²) in [4.78, 5) is 3.15. The predicted molar refractivity (Wildman–Crippen MR) is 57.6 cm³/mol. The largest absolute Gasteiger partial charge is 0.506 e. The molecule has 0 radical (unpaired) electrons. The third kappa shape index (κ3) is 1.17. The molecule has 1 aromatic heterocycles. The summed E-state index contributed by atoms with van der Waals surface area (Å²) < 4.78 is 0. The molecule has 2 rings (SSSR count). The van der Waals surface area contributed by atoms with Crippen LogP contribution in [0, 0.1) is 6.92 Å². The maximum absolute atomic E-state index is 9.78. The monoisotopic (exact) mass is 210 g/mol. The molecule has 3 nitrogen and oxygen atoms in total. The van der Waals surface area contributed by atoms with Crippen molar-refractivity contribution < 1.29 is 5.11 Å². The first kappa shape index (κ1) is 9.37. The molecule has 74 valence electrons. The quantitative estimate of drug-likeness (QED) is 0.676. The van der Waals surface area contributed by atoms with Gasteiger partial charge in [-0.15, -0.1) is 0 Å². The number of aromatic nitrogens is 1. The fraction of sp³-hybridized carbons (Fsp3) is 0.200. The molecule has 0 aliphatic heterocycles. The minimum atomic E-state index is 0.106. The molecule has 0 aliphatic rings. The Morgan fingerprint density at radius 3 is 2.86 bits per heavy atom. The third-order valence-corrected chi connectivity index (χ3v) is 2.71. The van der Waals surface area contributed by atoms with E-state index < -0.39 is 0 Å². The van der Waals surface area contributed by atoms with Crippen molar-refractivity contribution in [1.29, 1.82) is 0 Å². The van der Waals surface area contributed by atoms with Gasteiger partial charge in [0.25, 0.3) is 0 Å². The van der Waals surface area contributed by atoms with Crippen LogP contribution >= 0.6 is 11.6 Å². The van der Waals surface area contributed by atoms with Crippen LogP contribution < -0.4 is 5.73 Å². The van der Waals surface area contributed by atoms with E-state index >= 15 is 0 Å². The van der Waals surface area contributed by atoms with Gasteiger partial charge in [-0.05, 0) is 24.6 Å².